The minimum Gasteiger partial charge on any atom is -0.508 e. The molecule has 0 amide bonds. The number of aromatic nitrogens is 2. The highest BCUT2D eigenvalue weighted by Crippen LogP contribution is 2.21. The topological polar surface area (TPSA) is 73.6 Å². The van der Waals surface area contributed by atoms with Gasteiger partial charge in [0.15, 0.2) is 0 Å². The monoisotopic (exact) mass is 276 g/mol. The molecule has 0 fully saturated rings. The number of aromatic hydroxyl groups is 1. The fourth-order valence-corrected chi connectivity index (χ4v) is 1.53. The second-order valence-corrected chi connectivity index (χ2v) is 5.22. The molecule has 0 spiro atoms. The number of carbonyl (C=O) groups excluding carboxylic acids is 1. The lowest BCUT2D eigenvalue weighted by Crippen LogP contribution is -2.29. The van der Waals surface area contributed by atoms with Crippen molar-refractivity contribution in [1.82, 2.24) is 9.71 Å². The van der Waals surface area contributed by atoms with Gasteiger partial charge in [-0.15, -0.1) is 0 Å². The summed E-state index contributed by atoms with van der Waals surface area (Å²) in [5.74, 6) is 0.144. The average molecular weight is 276 g/mol. The van der Waals surface area contributed by atoms with E-state index in [1.54, 1.807) is 45.0 Å². The third-order valence-electron chi connectivity index (χ3n) is 2.27. The van der Waals surface area contributed by atoms with Crippen LogP contribution in [0, 0.1) is 0 Å². The number of hydrogen-bond donors (Lipinski definition) is 1. The Hall–Kier alpha value is -2.50. The van der Waals surface area contributed by atoms with Gasteiger partial charge in [0.05, 0.1) is 11.9 Å². The molecule has 0 unspecified atom stereocenters. The highest BCUT2D eigenvalue weighted by Gasteiger charge is 2.18. The number of ether oxygens (including phenoxy) is 1. The predicted octanol–water partition coefficient (Wildman–Crippen LogP) is 2.62. The zero-order valence-electron chi connectivity index (χ0n) is 11.5. The first-order chi connectivity index (χ1) is 9.33. The van der Waals surface area contributed by atoms with Crippen molar-refractivity contribution < 1.29 is 19.5 Å². The summed E-state index contributed by atoms with van der Waals surface area (Å²) in [7, 11) is 0. The van der Waals surface area contributed by atoms with Gasteiger partial charge in [-0.05, 0) is 32.9 Å². The number of imidazole rings is 1. The van der Waals surface area contributed by atoms with Crippen LogP contribution in [0.2, 0.25) is 0 Å². The first-order valence-electron chi connectivity index (χ1n) is 6.08. The summed E-state index contributed by atoms with van der Waals surface area (Å²) < 4.78 is 6.19. The average Bonchev–Trinajstić information content (AvgIpc) is 2.74. The normalized spacial score (nSPS) is 11.2. The molecule has 20 heavy (non-hydrogen) atoms. The van der Waals surface area contributed by atoms with Gasteiger partial charge in [-0.25, -0.2) is 9.78 Å². The van der Waals surface area contributed by atoms with E-state index in [-0.39, 0.29) is 5.75 Å². The largest absolute Gasteiger partial charge is 0.534 e. The molecule has 0 atom stereocenters. The number of carbonyl (C=O) groups is 1. The first kappa shape index (κ1) is 13.9. The molecule has 0 bridgehead atoms. The van der Waals surface area contributed by atoms with Crippen molar-refractivity contribution in [2.24, 2.45) is 0 Å². The van der Waals surface area contributed by atoms with Crippen molar-refractivity contribution in [3.05, 3.63) is 36.8 Å². The molecule has 0 saturated carbocycles. The van der Waals surface area contributed by atoms with Crippen LogP contribution in [-0.2, 0) is 4.74 Å². The maximum absolute atomic E-state index is 11.5. The highest BCUT2D eigenvalue weighted by molar-refractivity contribution is 5.62. The van der Waals surface area contributed by atoms with Crippen LogP contribution in [-0.4, -0.2) is 26.6 Å². The van der Waals surface area contributed by atoms with Crippen molar-refractivity contribution in [3.63, 3.8) is 0 Å². The zero-order chi connectivity index (χ0) is 14.8. The van der Waals surface area contributed by atoms with Crippen LogP contribution in [0.1, 0.15) is 20.8 Å². The van der Waals surface area contributed by atoms with Crippen LogP contribution in [0.5, 0.6) is 5.75 Å². The first-order valence-corrected chi connectivity index (χ1v) is 6.08. The smallest absolute Gasteiger partial charge is 0.508 e. The van der Waals surface area contributed by atoms with Crippen LogP contribution in [0.25, 0.3) is 11.3 Å². The molecule has 1 aromatic carbocycles. The molecule has 0 aliphatic carbocycles. The van der Waals surface area contributed by atoms with Crippen molar-refractivity contribution >= 4 is 6.16 Å². The summed E-state index contributed by atoms with van der Waals surface area (Å²) in [6.07, 6.45) is 2.07. The Morgan fingerprint density at radius 2 is 2.10 bits per heavy atom. The van der Waals surface area contributed by atoms with E-state index in [2.05, 4.69) is 4.98 Å². The summed E-state index contributed by atoms with van der Waals surface area (Å²) in [6.45, 7) is 5.25. The lowest BCUT2D eigenvalue weighted by molar-refractivity contribution is -0.0109. The summed E-state index contributed by atoms with van der Waals surface area (Å²) in [5, 5.41) is 9.41. The van der Waals surface area contributed by atoms with Gasteiger partial charge >= 0.3 is 6.16 Å². The van der Waals surface area contributed by atoms with E-state index in [1.807, 2.05) is 0 Å². The van der Waals surface area contributed by atoms with Crippen LogP contribution in [0.15, 0.2) is 36.8 Å². The maximum atomic E-state index is 11.5. The number of rotatable bonds is 2. The second-order valence-electron chi connectivity index (χ2n) is 5.22. The molecule has 1 N–H and O–H groups in total. The van der Waals surface area contributed by atoms with E-state index < -0.39 is 11.8 Å². The quantitative estimate of drug-likeness (QED) is 0.853. The Labute approximate surface area is 116 Å². The minimum atomic E-state index is -0.808. The van der Waals surface area contributed by atoms with Crippen LogP contribution in [0.3, 0.4) is 0 Å². The standard InChI is InChI=1S/C14H16N2O4/c1-14(2,3)19-13(18)20-16-8-12(15-9-16)10-5-4-6-11(17)7-10/h4-9,17H,1-3H3. The van der Waals surface area contributed by atoms with Crippen molar-refractivity contribution in [1.29, 1.82) is 0 Å². The molecule has 0 saturated heterocycles. The fourth-order valence-electron chi connectivity index (χ4n) is 1.53. The molecule has 6 heteroatoms. The summed E-state index contributed by atoms with van der Waals surface area (Å²) in [6, 6.07) is 6.64. The van der Waals surface area contributed by atoms with Gasteiger partial charge in [-0.2, -0.15) is 4.73 Å². The van der Waals surface area contributed by atoms with E-state index >= 15 is 0 Å². The Kier molecular flexibility index (Phi) is 3.65. The Morgan fingerprint density at radius 1 is 1.35 bits per heavy atom. The van der Waals surface area contributed by atoms with E-state index in [0.29, 0.717) is 5.69 Å². The van der Waals surface area contributed by atoms with E-state index in [0.717, 1.165) is 10.3 Å². The van der Waals surface area contributed by atoms with Gasteiger partial charge in [0.25, 0.3) is 0 Å². The second kappa shape index (κ2) is 5.24. The molecule has 2 rings (SSSR count). The predicted molar refractivity (Wildman–Crippen MR) is 72.1 cm³/mol. The molecule has 2 aromatic rings. The van der Waals surface area contributed by atoms with Crippen molar-refractivity contribution in [2.75, 3.05) is 0 Å². The van der Waals surface area contributed by atoms with Crippen molar-refractivity contribution in [2.45, 2.75) is 26.4 Å². The molecule has 0 aliphatic heterocycles. The van der Waals surface area contributed by atoms with E-state index in [1.165, 1.54) is 12.5 Å². The fraction of sp³-hybridized carbons (Fsp3) is 0.286. The third-order valence-corrected chi connectivity index (χ3v) is 2.27. The number of nitrogens with zero attached hydrogens (tertiary/aromatic N) is 2. The lowest BCUT2D eigenvalue weighted by Gasteiger charge is -2.18. The summed E-state index contributed by atoms with van der Waals surface area (Å²) in [5.41, 5.74) is 0.673. The van der Waals surface area contributed by atoms with Crippen LogP contribution >= 0.6 is 0 Å². The molecule has 1 heterocycles. The Morgan fingerprint density at radius 3 is 2.75 bits per heavy atom. The van der Waals surface area contributed by atoms with Crippen LogP contribution in [0.4, 0.5) is 4.79 Å². The molecule has 6 nitrogen and oxygen atoms in total. The highest BCUT2D eigenvalue weighted by atomic mass is 16.8. The Bertz CT molecular complexity index is 614. The zero-order valence-corrected chi connectivity index (χ0v) is 11.5. The van der Waals surface area contributed by atoms with Gasteiger partial charge in [-0.3, -0.25) is 0 Å². The third kappa shape index (κ3) is 3.74. The summed E-state index contributed by atoms with van der Waals surface area (Å²) in [4.78, 5) is 20.5. The molecular formula is C14H16N2O4. The lowest BCUT2D eigenvalue weighted by atomic mass is 10.2. The maximum Gasteiger partial charge on any atom is 0.534 e. The molecule has 0 radical (unpaired) electrons. The number of hydrogen-bond acceptors (Lipinski definition) is 5. The van der Waals surface area contributed by atoms with Gasteiger partial charge in [0.2, 0.25) is 0 Å². The van der Waals surface area contributed by atoms with E-state index in [9.17, 15) is 9.90 Å². The van der Waals surface area contributed by atoms with Gasteiger partial charge in [-0.1, -0.05) is 12.1 Å². The summed E-state index contributed by atoms with van der Waals surface area (Å²) >= 11 is 0. The molecule has 0 aliphatic rings. The SMILES string of the molecule is CC(C)(C)OC(=O)On1cnc(-c2cccc(O)c2)c1. The molecule has 106 valence electrons. The molecular weight excluding hydrogens is 260 g/mol. The van der Waals surface area contributed by atoms with Crippen LogP contribution < -0.4 is 4.84 Å². The number of phenols is 1. The van der Waals surface area contributed by atoms with Gasteiger partial charge in [0.1, 0.15) is 17.7 Å². The number of benzene rings is 1. The van der Waals surface area contributed by atoms with E-state index in [4.69, 9.17) is 9.57 Å². The minimum absolute atomic E-state index is 0.144. The number of phenolic OH excluding ortho intramolecular Hbond substituents is 1. The van der Waals surface area contributed by atoms with Crippen molar-refractivity contribution in [3.8, 4) is 17.0 Å². The van der Waals surface area contributed by atoms with Gasteiger partial charge in [0, 0.05) is 5.56 Å². The molecule has 1 aromatic heterocycles. The van der Waals surface area contributed by atoms with Gasteiger partial charge < -0.3 is 14.7 Å². The Balaban J connectivity index is 2.08.